The van der Waals surface area contributed by atoms with Crippen LogP contribution in [-0.2, 0) is 16.1 Å². The summed E-state index contributed by atoms with van der Waals surface area (Å²) < 4.78 is 7.50. The quantitative estimate of drug-likeness (QED) is 0.787. The van der Waals surface area contributed by atoms with Crippen molar-refractivity contribution in [2.24, 2.45) is 0 Å². The van der Waals surface area contributed by atoms with Crippen LogP contribution < -0.4 is 0 Å². The van der Waals surface area contributed by atoms with Gasteiger partial charge in [0.25, 0.3) is 0 Å². The van der Waals surface area contributed by atoms with Crippen LogP contribution in [-0.4, -0.2) is 16.1 Å². The molecule has 0 spiro atoms. The first-order valence-electron chi connectivity index (χ1n) is 6.63. The lowest BCUT2D eigenvalue weighted by Gasteiger charge is -2.19. The lowest BCUT2D eigenvalue weighted by Crippen LogP contribution is -2.24. The van der Waals surface area contributed by atoms with Crippen LogP contribution >= 0.6 is 0 Å². The van der Waals surface area contributed by atoms with Gasteiger partial charge in [-0.3, -0.25) is 4.79 Å². The second-order valence-electron chi connectivity index (χ2n) is 5.83. The van der Waals surface area contributed by atoms with Crippen molar-refractivity contribution in [1.29, 1.82) is 0 Å². The second-order valence-corrected chi connectivity index (χ2v) is 5.83. The Labute approximate surface area is 114 Å². The third-order valence-corrected chi connectivity index (χ3v) is 2.98. The fourth-order valence-electron chi connectivity index (χ4n) is 2.24. The van der Waals surface area contributed by atoms with Crippen molar-refractivity contribution in [2.75, 3.05) is 0 Å². The van der Waals surface area contributed by atoms with Crippen molar-refractivity contribution in [3.63, 3.8) is 0 Å². The molecule has 2 rings (SSSR count). The number of carbonyl (C=O) groups is 1. The van der Waals surface area contributed by atoms with E-state index in [9.17, 15) is 4.79 Å². The summed E-state index contributed by atoms with van der Waals surface area (Å²) in [7, 11) is 0. The van der Waals surface area contributed by atoms with E-state index in [4.69, 9.17) is 4.74 Å². The Hall–Kier alpha value is -1.77. The molecule has 0 saturated carbocycles. The SMILES string of the molecule is Cc1cc2ccccc2n1CCC(=O)OC(C)(C)C. The van der Waals surface area contributed by atoms with Crippen LogP contribution in [0.25, 0.3) is 10.9 Å². The molecule has 0 bridgehead atoms. The maximum absolute atomic E-state index is 11.8. The van der Waals surface area contributed by atoms with E-state index in [0.29, 0.717) is 13.0 Å². The number of nitrogens with zero attached hydrogens (tertiary/aromatic N) is 1. The molecule has 0 saturated heterocycles. The number of hydrogen-bond acceptors (Lipinski definition) is 2. The van der Waals surface area contributed by atoms with Crippen LogP contribution in [0.4, 0.5) is 0 Å². The molecule has 0 aliphatic heterocycles. The average molecular weight is 259 g/mol. The van der Waals surface area contributed by atoms with E-state index in [1.54, 1.807) is 0 Å². The molecule has 0 fully saturated rings. The molecule has 1 heterocycles. The number of fused-ring (bicyclic) bond motifs is 1. The van der Waals surface area contributed by atoms with Crippen molar-refractivity contribution in [3.8, 4) is 0 Å². The first-order valence-corrected chi connectivity index (χ1v) is 6.63. The standard InChI is InChI=1S/C16H21NO2/c1-12-11-13-7-5-6-8-14(13)17(12)10-9-15(18)19-16(2,3)4/h5-8,11H,9-10H2,1-4H3. The Morgan fingerprint density at radius 3 is 2.63 bits per heavy atom. The van der Waals surface area contributed by atoms with Crippen LogP contribution in [0.3, 0.4) is 0 Å². The highest BCUT2D eigenvalue weighted by Gasteiger charge is 2.16. The minimum atomic E-state index is -0.412. The normalized spacial score (nSPS) is 11.8. The highest BCUT2D eigenvalue weighted by Crippen LogP contribution is 2.20. The van der Waals surface area contributed by atoms with Crippen LogP contribution in [0.15, 0.2) is 30.3 Å². The zero-order valence-corrected chi connectivity index (χ0v) is 12.1. The Bertz CT molecular complexity index is 590. The van der Waals surface area contributed by atoms with Gasteiger partial charge in [-0.15, -0.1) is 0 Å². The molecule has 3 heteroatoms. The third kappa shape index (κ3) is 3.37. The largest absolute Gasteiger partial charge is 0.460 e. The maximum Gasteiger partial charge on any atom is 0.308 e. The highest BCUT2D eigenvalue weighted by molar-refractivity contribution is 5.81. The Balaban J connectivity index is 2.10. The predicted octanol–water partition coefficient (Wildman–Crippen LogP) is 3.68. The summed E-state index contributed by atoms with van der Waals surface area (Å²) in [5, 5.41) is 1.21. The molecular formula is C16H21NO2. The Morgan fingerprint density at radius 2 is 1.95 bits per heavy atom. The smallest absolute Gasteiger partial charge is 0.308 e. The molecule has 0 N–H and O–H groups in total. The van der Waals surface area contributed by atoms with Crippen molar-refractivity contribution < 1.29 is 9.53 Å². The number of hydrogen-bond donors (Lipinski definition) is 0. The summed E-state index contributed by atoms with van der Waals surface area (Å²) in [5.41, 5.74) is 1.93. The lowest BCUT2D eigenvalue weighted by atomic mass is 10.2. The number of para-hydroxylation sites is 1. The number of carbonyl (C=O) groups excluding carboxylic acids is 1. The van der Waals surface area contributed by atoms with E-state index in [-0.39, 0.29) is 5.97 Å². The third-order valence-electron chi connectivity index (χ3n) is 2.98. The molecular weight excluding hydrogens is 238 g/mol. The minimum Gasteiger partial charge on any atom is -0.460 e. The first kappa shape index (κ1) is 13.7. The molecule has 2 aromatic rings. The number of benzene rings is 1. The number of esters is 1. The van der Waals surface area contributed by atoms with E-state index in [0.717, 1.165) is 0 Å². The molecule has 0 radical (unpaired) electrons. The van der Waals surface area contributed by atoms with Crippen LogP contribution in [0.1, 0.15) is 32.9 Å². The topological polar surface area (TPSA) is 31.2 Å². The summed E-state index contributed by atoms with van der Waals surface area (Å²) in [6, 6.07) is 10.4. The maximum atomic E-state index is 11.8. The van der Waals surface area contributed by atoms with Crippen molar-refractivity contribution in [2.45, 2.75) is 46.3 Å². The predicted molar refractivity (Wildman–Crippen MR) is 77.1 cm³/mol. The van der Waals surface area contributed by atoms with Gasteiger partial charge in [-0.2, -0.15) is 0 Å². The Kier molecular flexibility index (Phi) is 3.65. The van der Waals surface area contributed by atoms with Crippen molar-refractivity contribution in [3.05, 3.63) is 36.0 Å². The van der Waals surface area contributed by atoms with Gasteiger partial charge in [0.15, 0.2) is 0 Å². The zero-order valence-electron chi connectivity index (χ0n) is 12.1. The summed E-state index contributed by atoms with van der Waals surface area (Å²) in [6.07, 6.45) is 0.400. The van der Waals surface area contributed by atoms with Gasteiger partial charge in [0.1, 0.15) is 5.60 Å². The molecule has 19 heavy (non-hydrogen) atoms. The van der Waals surface area contributed by atoms with Gasteiger partial charge in [0.05, 0.1) is 6.42 Å². The summed E-state index contributed by atoms with van der Waals surface area (Å²) in [6.45, 7) is 8.40. The van der Waals surface area contributed by atoms with Gasteiger partial charge in [0, 0.05) is 17.8 Å². The number of ether oxygens (including phenoxy) is 1. The molecule has 0 aliphatic carbocycles. The van der Waals surface area contributed by atoms with Crippen molar-refractivity contribution >= 4 is 16.9 Å². The van der Waals surface area contributed by atoms with Gasteiger partial charge >= 0.3 is 5.97 Å². The van der Waals surface area contributed by atoms with E-state index in [1.165, 1.54) is 16.6 Å². The summed E-state index contributed by atoms with van der Waals surface area (Å²) in [4.78, 5) is 11.8. The summed E-state index contributed by atoms with van der Waals surface area (Å²) >= 11 is 0. The number of aryl methyl sites for hydroxylation is 2. The lowest BCUT2D eigenvalue weighted by molar-refractivity contribution is -0.155. The van der Waals surface area contributed by atoms with Crippen LogP contribution in [0.5, 0.6) is 0 Å². The van der Waals surface area contributed by atoms with E-state index in [2.05, 4.69) is 29.7 Å². The monoisotopic (exact) mass is 259 g/mol. The van der Waals surface area contributed by atoms with Crippen LogP contribution in [0.2, 0.25) is 0 Å². The molecule has 0 aliphatic rings. The molecule has 0 amide bonds. The van der Waals surface area contributed by atoms with Gasteiger partial charge in [-0.05, 0) is 45.2 Å². The molecule has 1 aromatic carbocycles. The molecule has 1 aromatic heterocycles. The van der Waals surface area contributed by atoms with E-state index >= 15 is 0 Å². The minimum absolute atomic E-state index is 0.148. The fraction of sp³-hybridized carbons (Fsp3) is 0.438. The number of aromatic nitrogens is 1. The van der Waals surface area contributed by atoms with E-state index < -0.39 is 5.60 Å². The van der Waals surface area contributed by atoms with Crippen molar-refractivity contribution in [1.82, 2.24) is 4.57 Å². The van der Waals surface area contributed by atoms with E-state index in [1.807, 2.05) is 32.9 Å². The highest BCUT2D eigenvalue weighted by atomic mass is 16.6. The molecule has 3 nitrogen and oxygen atoms in total. The molecule has 0 unspecified atom stereocenters. The van der Waals surface area contributed by atoms with Gasteiger partial charge in [0.2, 0.25) is 0 Å². The summed E-state index contributed by atoms with van der Waals surface area (Å²) in [5.74, 6) is -0.148. The number of rotatable bonds is 3. The van der Waals surface area contributed by atoms with Gasteiger partial charge < -0.3 is 9.30 Å². The first-order chi connectivity index (χ1) is 8.87. The van der Waals surface area contributed by atoms with Crippen LogP contribution in [0, 0.1) is 6.92 Å². The molecule has 0 atom stereocenters. The molecule has 102 valence electrons. The fourth-order valence-corrected chi connectivity index (χ4v) is 2.24. The second kappa shape index (κ2) is 5.08. The van der Waals surface area contributed by atoms with Gasteiger partial charge in [-0.1, -0.05) is 18.2 Å². The van der Waals surface area contributed by atoms with Gasteiger partial charge in [-0.25, -0.2) is 0 Å². The zero-order chi connectivity index (χ0) is 14.0. The average Bonchev–Trinajstić information content (AvgIpc) is 2.60. The Morgan fingerprint density at radius 1 is 1.26 bits per heavy atom.